The molecule has 2 rings (SSSR count). The van der Waals surface area contributed by atoms with Crippen molar-refractivity contribution in [1.29, 1.82) is 0 Å². The number of β-amino-alcohol motifs (C(OH)–C–C–N with tert-alkyl or cyclic N) is 1. The molecule has 1 fully saturated rings. The first-order chi connectivity index (χ1) is 5.38. The summed E-state index contributed by atoms with van der Waals surface area (Å²) in [5.74, 6) is 0. The Morgan fingerprint density at radius 1 is 1.27 bits per heavy atom. The zero-order valence-corrected chi connectivity index (χ0v) is 6.20. The van der Waals surface area contributed by atoms with Gasteiger partial charge in [0.25, 0.3) is 0 Å². The highest BCUT2D eigenvalue weighted by Gasteiger charge is 2.28. The van der Waals surface area contributed by atoms with Crippen molar-refractivity contribution in [3.05, 3.63) is 35.9 Å². The molecule has 58 valence electrons. The van der Waals surface area contributed by atoms with Gasteiger partial charge in [-0.1, -0.05) is 30.3 Å². The summed E-state index contributed by atoms with van der Waals surface area (Å²) >= 11 is 0. The van der Waals surface area contributed by atoms with Crippen molar-refractivity contribution < 1.29 is 5.11 Å². The van der Waals surface area contributed by atoms with Gasteiger partial charge in [0, 0.05) is 6.54 Å². The second-order valence-electron chi connectivity index (χ2n) is 2.86. The third-order valence-electron chi connectivity index (χ3n) is 2.09. The molecule has 11 heavy (non-hydrogen) atoms. The van der Waals surface area contributed by atoms with Gasteiger partial charge in [-0.3, -0.25) is 0 Å². The molecule has 0 amide bonds. The number of aliphatic hydroxyl groups excluding tert-OH is 1. The van der Waals surface area contributed by atoms with Crippen LogP contribution in [0.25, 0.3) is 0 Å². The molecule has 1 aliphatic heterocycles. The normalized spacial score (nSPS) is 29.5. The van der Waals surface area contributed by atoms with Gasteiger partial charge in [0.2, 0.25) is 0 Å². The van der Waals surface area contributed by atoms with Crippen molar-refractivity contribution in [2.24, 2.45) is 0 Å². The Morgan fingerprint density at radius 2 is 2.00 bits per heavy atom. The van der Waals surface area contributed by atoms with Gasteiger partial charge in [-0.15, -0.1) is 0 Å². The molecule has 2 atom stereocenters. The SMILES string of the molecule is OC1CN[C@@H]1c1ccccc1. The number of hydrogen-bond donors (Lipinski definition) is 2. The Labute approximate surface area is 65.9 Å². The minimum absolute atomic E-state index is 0.163. The molecule has 2 nitrogen and oxygen atoms in total. The molecule has 2 N–H and O–H groups in total. The average molecular weight is 149 g/mol. The molecule has 1 aromatic carbocycles. The molecular formula is C9H11NO. The second kappa shape index (κ2) is 2.64. The van der Waals surface area contributed by atoms with E-state index in [9.17, 15) is 5.11 Å². The Bertz CT molecular complexity index is 235. The van der Waals surface area contributed by atoms with Gasteiger partial charge in [0.1, 0.15) is 0 Å². The molecule has 0 bridgehead atoms. The standard InChI is InChI=1S/C9H11NO/c11-8-6-10-9(8)7-4-2-1-3-5-7/h1-5,8-11H,6H2/t8?,9-/m1/s1. The Kier molecular flexibility index (Phi) is 1.64. The summed E-state index contributed by atoms with van der Waals surface area (Å²) in [5, 5.41) is 12.5. The van der Waals surface area contributed by atoms with E-state index in [1.54, 1.807) is 0 Å². The van der Waals surface area contributed by atoms with E-state index in [2.05, 4.69) is 5.32 Å². The molecule has 1 aromatic rings. The predicted molar refractivity (Wildman–Crippen MR) is 43.2 cm³/mol. The molecule has 1 aliphatic rings. The van der Waals surface area contributed by atoms with Crippen LogP contribution in [-0.4, -0.2) is 17.8 Å². The van der Waals surface area contributed by atoms with Crippen LogP contribution in [0.1, 0.15) is 11.6 Å². The van der Waals surface area contributed by atoms with Crippen molar-refractivity contribution in [3.8, 4) is 0 Å². The quantitative estimate of drug-likeness (QED) is 0.615. The topological polar surface area (TPSA) is 32.3 Å². The van der Waals surface area contributed by atoms with E-state index in [1.807, 2.05) is 30.3 Å². The molecule has 0 aromatic heterocycles. The minimum atomic E-state index is -0.197. The number of nitrogens with one attached hydrogen (secondary N) is 1. The molecular weight excluding hydrogens is 138 g/mol. The largest absolute Gasteiger partial charge is 0.390 e. The van der Waals surface area contributed by atoms with E-state index in [1.165, 1.54) is 5.56 Å². The van der Waals surface area contributed by atoms with E-state index in [0.717, 1.165) is 6.54 Å². The predicted octanol–water partition coefficient (Wildman–Crippen LogP) is 0.692. The van der Waals surface area contributed by atoms with Crippen LogP contribution < -0.4 is 5.32 Å². The lowest BCUT2D eigenvalue weighted by Gasteiger charge is -2.34. The second-order valence-corrected chi connectivity index (χ2v) is 2.86. The van der Waals surface area contributed by atoms with Crippen LogP contribution >= 0.6 is 0 Å². The molecule has 0 spiro atoms. The van der Waals surface area contributed by atoms with Crippen LogP contribution in [0, 0.1) is 0 Å². The zero-order chi connectivity index (χ0) is 7.68. The number of aliphatic hydroxyl groups is 1. The number of benzene rings is 1. The Hall–Kier alpha value is -0.860. The summed E-state index contributed by atoms with van der Waals surface area (Å²) in [4.78, 5) is 0. The highest BCUT2D eigenvalue weighted by molar-refractivity contribution is 5.22. The van der Waals surface area contributed by atoms with Crippen molar-refractivity contribution >= 4 is 0 Å². The zero-order valence-electron chi connectivity index (χ0n) is 6.20. The van der Waals surface area contributed by atoms with E-state index < -0.39 is 0 Å². The average Bonchev–Trinajstić information content (AvgIpc) is 2.04. The van der Waals surface area contributed by atoms with Gasteiger partial charge in [0.15, 0.2) is 0 Å². The lowest BCUT2D eigenvalue weighted by molar-refractivity contribution is 0.0611. The van der Waals surface area contributed by atoms with Crippen LogP contribution in [0.3, 0.4) is 0 Å². The van der Waals surface area contributed by atoms with Gasteiger partial charge in [-0.05, 0) is 5.56 Å². The molecule has 0 aliphatic carbocycles. The lowest BCUT2D eigenvalue weighted by atomic mass is 9.95. The van der Waals surface area contributed by atoms with Gasteiger partial charge in [0.05, 0.1) is 12.1 Å². The Morgan fingerprint density at radius 3 is 2.45 bits per heavy atom. The lowest BCUT2D eigenvalue weighted by Crippen LogP contribution is -2.49. The molecule has 0 saturated carbocycles. The fourth-order valence-corrected chi connectivity index (χ4v) is 1.34. The summed E-state index contributed by atoms with van der Waals surface area (Å²) < 4.78 is 0. The third-order valence-corrected chi connectivity index (χ3v) is 2.09. The van der Waals surface area contributed by atoms with Crippen molar-refractivity contribution in [2.75, 3.05) is 6.54 Å². The van der Waals surface area contributed by atoms with Crippen LogP contribution in [-0.2, 0) is 0 Å². The maximum absolute atomic E-state index is 9.30. The van der Waals surface area contributed by atoms with E-state index in [0.29, 0.717) is 0 Å². The summed E-state index contributed by atoms with van der Waals surface area (Å²) in [5.41, 5.74) is 1.17. The van der Waals surface area contributed by atoms with Crippen molar-refractivity contribution in [1.82, 2.24) is 5.32 Å². The summed E-state index contributed by atoms with van der Waals surface area (Å²) in [6.45, 7) is 0.722. The molecule has 1 heterocycles. The van der Waals surface area contributed by atoms with E-state index in [4.69, 9.17) is 0 Å². The highest BCUT2D eigenvalue weighted by atomic mass is 16.3. The number of hydrogen-bond acceptors (Lipinski definition) is 2. The van der Waals surface area contributed by atoms with Crippen LogP contribution in [0.15, 0.2) is 30.3 Å². The summed E-state index contributed by atoms with van der Waals surface area (Å²) in [6.07, 6.45) is -0.197. The van der Waals surface area contributed by atoms with Crippen LogP contribution in [0.2, 0.25) is 0 Å². The number of rotatable bonds is 1. The van der Waals surface area contributed by atoms with Crippen molar-refractivity contribution in [3.63, 3.8) is 0 Å². The van der Waals surface area contributed by atoms with E-state index >= 15 is 0 Å². The molecule has 2 heteroatoms. The van der Waals surface area contributed by atoms with Gasteiger partial charge in [-0.25, -0.2) is 0 Å². The van der Waals surface area contributed by atoms with Crippen LogP contribution in [0.4, 0.5) is 0 Å². The van der Waals surface area contributed by atoms with Gasteiger partial charge >= 0.3 is 0 Å². The van der Waals surface area contributed by atoms with Crippen LogP contribution in [0.5, 0.6) is 0 Å². The monoisotopic (exact) mass is 149 g/mol. The first-order valence-corrected chi connectivity index (χ1v) is 3.84. The fourth-order valence-electron chi connectivity index (χ4n) is 1.34. The first-order valence-electron chi connectivity index (χ1n) is 3.84. The third kappa shape index (κ3) is 1.15. The summed E-state index contributed by atoms with van der Waals surface area (Å²) in [7, 11) is 0. The molecule has 0 radical (unpaired) electrons. The van der Waals surface area contributed by atoms with Gasteiger partial charge in [-0.2, -0.15) is 0 Å². The van der Waals surface area contributed by atoms with Crippen molar-refractivity contribution in [2.45, 2.75) is 12.1 Å². The minimum Gasteiger partial charge on any atom is -0.390 e. The summed E-state index contributed by atoms with van der Waals surface area (Å²) in [6, 6.07) is 10.2. The fraction of sp³-hybridized carbons (Fsp3) is 0.333. The molecule has 1 unspecified atom stereocenters. The van der Waals surface area contributed by atoms with E-state index in [-0.39, 0.29) is 12.1 Å². The first kappa shape index (κ1) is 6.83. The highest BCUT2D eigenvalue weighted by Crippen LogP contribution is 2.22. The maximum atomic E-state index is 9.30. The molecule has 1 saturated heterocycles. The smallest absolute Gasteiger partial charge is 0.0859 e. The maximum Gasteiger partial charge on any atom is 0.0859 e. The Balaban J connectivity index is 2.17. The van der Waals surface area contributed by atoms with Gasteiger partial charge < -0.3 is 10.4 Å².